The molecule has 0 amide bonds. The van der Waals surface area contributed by atoms with Crippen LogP contribution in [0.1, 0.15) is 27.2 Å². The summed E-state index contributed by atoms with van der Waals surface area (Å²) in [4.78, 5) is 20.3. The molecule has 1 N–H and O–H groups in total. The number of hydrogen-bond acceptors (Lipinski definition) is 4. The summed E-state index contributed by atoms with van der Waals surface area (Å²) < 4.78 is 4.58. The van der Waals surface area contributed by atoms with Gasteiger partial charge in [-0.15, -0.1) is 0 Å². The summed E-state index contributed by atoms with van der Waals surface area (Å²) in [5.41, 5.74) is 0.359. The Bertz CT molecular complexity index is 289. The summed E-state index contributed by atoms with van der Waals surface area (Å²) in [7, 11) is 0. The Morgan fingerprint density at radius 3 is 2.19 bits per heavy atom. The van der Waals surface area contributed by atoms with Crippen molar-refractivity contribution in [1.82, 2.24) is 0 Å². The van der Waals surface area contributed by atoms with E-state index in [2.05, 4.69) is 11.3 Å². The van der Waals surface area contributed by atoms with Crippen LogP contribution in [0.15, 0.2) is 12.2 Å². The van der Waals surface area contributed by atoms with Gasteiger partial charge in [0.05, 0.1) is 18.4 Å². The Morgan fingerprint density at radius 1 is 1.50 bits per heavy atom. The predicted octanol–water partition coefficient (Wildman–Crippen LogP) is 1.75. The second-order valence-corrected chi connectivity index (χ2v) is 3.32. The van der Waals surface area contributed by atoms with Crippen LogP contribution in [0.4, 0.5) is 0 Å². The van der Waals surface area contributed by atoms with Gasteiger partial charge >= 0.3 is 11.9 Å². The van der Waals surface area contributed by atoms with E-state index < -0.39 is 11.9 Å². The lowest BCUT2D eigenvalue weighted by atomic mass is 10.2. The van der Waals surface area contributed by atoms with Gasteiger partial charge in [-0.05, 0) is 6.92 Å². The van der Waals surface area contributed by atoms with Crippen LogP contribution in [-0.2, 0) is 14.3 Å². The maximum Gasteiger partial charge on any atom is 0.333 e. The zero-order valence-corrected chi connectivity index (χ0v) is 9.82. The number of carbonyl (C=O) groups is 2. The van der Waals surface area contributed by atoms with E-state index in [1.54, 1.807) is 20.8 Å². The number of carboxylic acid groups (broad SMARTS) is 1. The Balaban J connectivity index is 0. The number of aliphatic carboxylic acids is 1. The monoisotopic (exact) mass is 227 g/mol. The average Bonchev–Trinajstić information content (AvgIpc) is 2.18. The highest BCUT2D eigenvalue weighted by molar-refractivity contribution is 5.86. The molecular weight excluding hydrogens is 210 g/mol. The van der Waals surface area contributed by atoms with Gasteiger partial charge in [0, 0.05) is 5.57 Å². The molecule has 5 nitrogen and oxygen atoms in total. The van der Waals surface area contributed by atoms with Crippen LogP contribution in [-0.4, -0.2) is 23.7 Å². The number of ether oxygens (including phenoxy) is 1. The highest BCUT2D eigenvalue weighted by atomic mass is 16.5. The Hall–Kier alpha value is -1.83. The Labute approximate surface area is 95.3 Å². The van der Waals surface area contributed by atoms with Crippen molar-refractivity contribution < 1.29 is 19.4 Å². The summed E-state index contributed by atoms with van der Waals surface area (Å²) >= 11 is 0. The Morgan fingerprint density at radius 2 is 1.94 bits per heavy atom. The van der Waals surface area contributed by atoms with E-state index in [1.165, 1.54) is 0 Å². The third kappa shape index (κ3) is 12.2. The fourth-order valence-corrected chi connectivity index (χ4v) is 0.313. The molecular formula is C11H17NO4. The minimum atomic E-state index is -0.741. The summed E-state index contributed by atoms with van der Waals surface area (Å²) in [5.74, 6) is -1.41. The molecule has 0 fully saturated rings. The first-order valence-electron chi connectivity index (χ1n) is 4.75. The molecule has 0 aliphatic heterocycles. The van der Waals surface area contributed by atoms with Crippen molar-refractivity contribution in [3.8, 4) is 6.07 Å². The fraction of sp³-hybridized carbons (Fsp3) is 0.545. The van der Waals surface area contributed by atoms with E-state index in [4.69, 9.17) is 10.4 Å². The maximum absolute atomic E-state index is 10.6. The minimum absolute atomic E-state index is 0.155. The first kappa shape index (κ1) is 16.6. The molecule has 0 bridgehead atoms. The van der Waals surface area contributed by atoms with Crippen LogP contribution in [0, 0.1) is 17.2 Å². The van der Waals surface area contributed by atoms with Gasteiger partial charge in [0.25, 0.3) is 0 Å². The highest BCUT2D eigenvalue weighted by Gasteiger charge is 2.00. The van der Waals surface area contributed by atoms with Gasteiger partial charge < -0.3 is 9.84 Å². The van der Waals surface area contributed by atoms with Crippen LogP contribution < -0.4 is 0 Å². The number of rotatable bonds is 4. The molecule has 0 aromatic rings. The second kappa shape index (κ2) is 9.71. The largest absolute Gasteiger partial charge is 0.481 e. The molecule has 0 aliphatic carbocycles. The van der Waals surface area contributed by atoms with Gasteiger partial charge in [-0.1, -0.05) is 20.4 Å². The van der Waals surface area contributed by atoms with Gasteiger partial charge in [0.2, 0.25) is 0 Å². The predicted molar refractivity (Wildman–Crippen MR) is 58.5 cm³/mol. The molecule has 90 valence electrons. The van der Waals surface area contributed by atoms with E-state index in [0.29, 0.717) is 5.57 Å². The maximum atomic E-state index is 10.6. The quantitative estimate of drug-likeness (QED) is 0.449. The third-order valence-corrected chi connectivity index (χ3v) is 1.29. The molecule has 0 aliphatic rings. The van der Waals surface area contributed by atoms with Crippen molar-refractivity contribution >= 4 is 11.9 Å². The zero-order valence-electron chi connectivity index (χ0n) is 9.82. The summed E-state index contributed by atoms with van der Waals surface area (Å²) in [6.45, 7) is 8.38. The van der Waals surface area contributed by atoms with Gasteiger partial charge in [0.15, 0.2) is 0 Å². The summed E-state index contributed by atoms with van der Waals surface area (Å²) in [6, 6.07) is 1.86. The van der Waals surface area contributed by atoms with E-state index in [-0.39, 0.29) is 18.9 Å². The zero-order chi connectivity index (χ0) is 13.1. The van der Waals surface area contributed by atoms with Gasteiger partial charge in [0.1, 0.15) is 6.61 Å². The van der Waals surface area contributed by atoms with Gasteiger partial charge in [-0.2, -0.15) is 5.26 Å². The molecule has 0 saturated carbocycles. The van der Waals surface area contributed by atoms with Crippen molar-refractivity contribution in [2.75, 3.05) is 6.61 Å². The summed E-state index contributed by atoms with van der Waals surface area (Å²) in [6.07, 6.45) is 0.235. The molecule has 0 heterocycles. The van der Waals surface area contributed by atoms with Crippen LogP contribution in [0.25, 0.3) is 0 Å². The summed E-state index contributed by atoms with van der Waals surface area (Å²) in [5, 5.41) is 16.0. The smallest absolute Gasteiger partial charge is 0.333 e. The molecule has 5 heteroatoms. The molecule has 0 unspecified atom stereocenters. The van der Waals surface area contributed by atoms with E-state index in [9.17, 15) is 9.59 Å². The molecule has 0 saturated heterocycles. The molecule has 0 spiro atoms. The topological polar surface area (TPSA) is 87.4 Å². The number of esters is 1. The fourth-order valence-electron chi connectivity index (χ4n) is 0.313. The van der Waals surface area contributed by atoms with Crippen molar-refractivity contribution in [3.05, 3.63) is 12.2 Å². The lowest BCUT2D eigenvalue weighted by Gasteiger charge is -1.98. The first-order valence-corrected chi connectivity index (χ1v) is 4.75. The lowest BCUT2D eigenvalue weighted by molar-refractivity contribution is -0.140. The highest BCUT2D eigenvalue weighted by Crippen LogP contribution is 1.92. The molecule has 0 aromatic carbocycles. The molecule has 0 atom stereocenters. The molecule has 0 rings (SSSR count). The number of hydrogen-bond donors (Lipinski definition) is 1. The SMILES string of the molecule is C=C(C)C(=O)OCCC#N.CC(C)C(=O)O. The number of carboxylic acids is 1. The second-order valence-electron chi connectivity index (χ2n) is 3.32. The number of nitrogens with zero attached hydrogens (tertiary/aromatic N) is 1. The third-order valence-electron chi connectivity index (χ3n) is 1.29. The van der Waals surface area contributed by atoms with E-state index >= 15 is 0 Å². The number of nitriles is 1. The van der Waals surface area contributed by atoms with Gasteiger partial charge in [-0.25, -0.2) is 4.79 Å². The number of carbonyl (C=O) groups excluding carboxylic acids is 1. The average molecular weight is 227 g/mol. The van der Waals surface area contributed by atoms with E-state index in [1.807, 2.05) is 6.07 Å². The van der Waals surface area contributed by atoms with Crippen LogP contribution in [0.5, 0.6) is 0 Å². The normalized spacial score (nSPS) is 8.44. The lowest BCUT2D eigenvalue weighted by Crippen LogP contribution is -2.05. The first-order chi connectivity index (χ1) is 7.32. The molecule has 16 heavy (non-hydrogen) atoms. The van der Waals surface area contributed by atoms with Crippen LogP contribution >= 0.6 is 0 Å². The minimum Gasteiger partial charge on any atom is -0.481 e. The molecule has 0 aromatic heterocycles. The van der Waals surface area contributed by atoms with Crippen LogP contribution in [0.3, 0.4) is 0 Å². The van der Waals surface area contributed by atoms with E-state index in [0.717, 1.165) is 0 Å². The Kier molecular flexibility index (Phi) is 10.1. The van der Waals surface area contributed by atoms with Crippen LogP contribution in [0.2, 0.25) is 0 Å². The van der Waals surface area contributed by atoms with Crippen molar-refractivity contribution in [2.45, 2.75) is 27.2 Å². The van der Waals surface area contributed by atoms with Crippen molar-refractivity contribution in [2.24, 2.45) is 5.92 Å². The van der Waals surface area contributed by atoms with Gasteiger partial charge in [-0.3, -0.25) is 4.79 Å². The standard InChI is InChI=1S/C7H9NO2.C4H8O2/c1-6(2)7(9)10-5-3-4-8;1-3(2)4(5)6/h1,3,5H2,2H3;3H,1-2H3,(H,5,6). The molecule has 0 radical (unpaired) electrons. The van der Waals surface area contributed by atoms with Crippen molar-refractivity contribution in [1.29, 1.82) is 5.26 Å². The van der Waals surface area contributed by atoms with Crippen molar-refractivity contribution in [3.63, 3.8) is 0 Å².